The molecule has 0 aliphatic rings. The molecule has 9 heteroatoms. The molecule has 0 spiro atoms. The normalized spacial score (nSPS) is 11.2. The van der Waals surface area contributed by atoms with Crippen LogP contribution < -0.4 is 15.7 Å². The number of nitrogens with one attached hydrogen (secondary N) is 1. The third-order valence-electron chi connectivity index (χ3n) is 4.41. The zero-order chi connectivity index (χ0) is 22.5. The van der Waals surface area contributed by atoms with E-state index in [1.807, 2.05) is 6.07 Å². The summed E-state index contributed by atoms with van der Waals surface area (Å²) >= 11 is 1.03. The minimum absolute atomic E-state index is 0.00196. The highest BCUT2D eigenvalue weighted by atomic mass is 32.1. The van der Waals surface area contributed by atoms with Crippen LogP contribution in [-0.4, -0.2) is 26.9 Å². The van der Waals surface area contributed by atoms with Gasteiger partial charge in [0.2, 0.25) is 5.91 Å². The van der Waals surface area contributed by atoms with E-state index < -0.39 is 17.7 Å². The van der Waals surface area contributed by atoms with E-state index in [4.69, 9.17) is 5.73 Å². The highest BCUT2D eigenvalue weighted by molar-refractivity contribution is 7.04. The summed E-state index contributed by atoms with van der Waals surface area (Å²) < 4.78 is 1.62. The van der Waals surface area contributed by atoms with E-state index >= 15 is 0 Å². The van der Waals surface area contributed by atoms with Gasteiger partial charge >= 0.3 is 0 Å². The van der Waals surface area contributed by atoms with Crippen molar-refractivity contribution < 1.29 is 14.4 Å². The minimum atomic E-state index is -0.548. The Bertz CT molecular complexity index is 1340. The van der Waals surface area contributed by atoms with Crippen LogP contribution in [0.1, 0.15) is 31.2 Å². The van der Waals surface area contributed by atoms with Crippen molar-refractivity contribution >= 4 is 34.9 Å². The first kappa shape index (κ1) is 20.9. The molecule has 0 saturated heterocycles. The Morgan fingerprint density at radius 1 is 0.844 bits per heavy atom. The van der Waals surface area contributed by atoms with Gasteiger partial charge < -0.3 is 11.1 Å². The van der Waals surface area contributed by atoms with Gasteiger partial charge in [-0.1, -0.05) is 36.4 Å². The van der Waals surface area contributed by atoms with Gasteiger partial charge in [0.1, 0.15) is 0 Å². The van der Waals surface area contributed by atoms with Crippen molar-refractivity contribution in [2.75, 3.05) is 5.32 Å². The second-order valence-corrected chi connectivity index (χ2v) is 7.55. The van der Waals surface area contributed by atoms with Gasteiger partial charge in [-0.25, -0.2) is 0 Å². The predicted molar refractivity (Wildman–Crippen MR) is 121 cm³/mol. The maximum Gasteiger partial charge on any atom is 0.279 e. The lowest BCUT2D eigenvalue weighted by atomic mass is 10.2. The molecule has 0 aliphatic heterocycles. The fourth-order valence-corrected chi connectivity index (χ4v) is 3.67. The number of benzene rings is 3. The number of rotatable bonds is 5. The molecule has 0 radical (unpaired) electrons. The third-order valence-corrected chi connectivity index (χ3v) is 5.33. The van der Waals surface area contributed by atoms with E-state index in [0.717, 1.165) is 11.5 Å². The lowest BCUT2D eigenvalue weighted by molar-refractivity contribution is 0.0990. The molecule has 4 rings (SSSR count). The molecule has 0 aliphatic carbocycles. The van der Waals surface area contributed by atoms with Crippen LogP contribution >= 0.6 is 11.5 Å². The number of carbonyl (C=O) groups is 3. The van der Waals surface area contributed by atoms with Gasteiger partial charge in [-0.15, -0.1) is 5.10 Å². The molecular weight excluding hydrogens is 426 g/mol. The second-order valence-electron chi connectivity index (χ2n) is 6.63. The number of aromatic nitrogens is 2. The molecule has 0 unspecified atom stereocenters. The fraction of sp³-hybridized carbons (Fsp3) is 0. The Labute approximate surface area is 186 Å². The van der Waals surface area contributed by atoms with Gasteiger partial charge in [-0.3, -0.25) is 14.4 Å². The zero-order valence-corrected chi connectivity index (χ0v) is 17.5. The number of nitrogens with two attached hydrogens (primary N) is 1. The van der Waals surface area contributed by atoms with Crippen molar-refractivity contribution in [3.63, 3.8) is 0 Å². The van der Waals surface area contributed by atoms with Crippen LogP contribution in [0.4, 0.5) is 5.69 Å². The predicted octanol–water partition coefficient (Wildman–Crippen LogP) is 3.03. The molecule has 0 bridgehead atoms. The van der Waals surface area contributed by atoms with Crippen LogP contribution in [0.5, 0.6) is 0 Å². The molecule has 158 valence electrons. The lowest BCUT2D eigenvalue weighted by Gasteiger charge is -2.02. The largest absolute Gasteiger partial charge is 0.366 e. The minimum Gasteiger partial charge on any atom is -0.366 e. The van der Waals surface area contributed by atoms with Crippen LogP contribution in [0.2, 0.25) is 0 Å². The number of anilines is 1. The van der Waals surface area contributed by atoms with E-state index in [-0.39, 0.29) is 10.4 Å². The second kappa shape index (κ2) is 9.19. The zero-order valence-electron chi connectivity index (χ0n) is 16.6. The Morgan fingerprint density at radius 3 is 2.09 bits per heavy atom. The van der Waals surface area contributed by atoms with Crippen molar-refractivity contribution in [3.05, 3.63) is 106 Å². The fourth-order valence-electron chi connectivity index (χ4n) is 2.81. The molecule has 0 fully saturated rings. The van der Waals surface area contributed by atoms with E-state index in [0.29, 0.717) is 22.5 Å². The monoisotopic (exact) mass is 443 g/mol. The molecule has 1 heterocycles. The van der Waals surface area contributed by atoms with E-state index in [9.17, 15) is 14.4 Å². The molecule has 8 nitrogen and oxygen atoms in total. The number of hydrogen-bond donors (Lipinski definition) is 2. The van der Waals surface area contributed by atoms with Crippen LogP contribution in [-0.2, 0) is 0 Å². The molecule has 0 saturated carbocycles. The van der Waals surface area contributed by atoms with Crippen LogP contribution in [0.3, 0.4) is 0 Å². The maximum atomic E-state index is 12.9. The quantitative estimate of drug-likeness (QED) is 0.493. The number of para-hydroxylation sites is 1. The summed E-state index contributed by atoms with van der Waals surface area (Å²) in [5.74, 6) is -1.54. The average Bonchev–Trinajstić information content (AvgIpc) is 3.24. The summed E-state index contributed by atoms with van der Waals surface area (Å²) in [6.07, 6.45) is 0. The number of primary amides is 1. The summed E-state index contributed by atoms with van der Waals surface area (Å²) in [6, 6.07) is 23.9. The van der Waals surface area contributed by atoms with Crippen LogP contribution in [0.25, 0.3) is 5.69 Å². The highest BCUT2D eigenvalue weighted by Crippen LogP contribution is 2.13. The van der Waals surface area contributed by atoms with Crippen LogP contribution in [0, 0.1) is 0 Å². The summed E-state index contributed by atoms with van der Waals surface area (Å²) in [6.45, 7) is 0. The number of hydrogen-bond acceptors (Lipinski definition) is 5. The first-order valence-corrected chi connectivity index (χ1v) is 10.3. The van der Waals surface area contributed by atoms with E-state index in [2.05, 4.69) is 15.4 Å². The van der Waals surface area contributed by atoms with Gasteiger partial charge in [-0.05, 0) is 60.1 Å². The van der Waals surface area contributed by atoms with Gasteiger partial charge in [0, 0.05) is 16.8 Å². The lowest BCUT2D eigenvalue weighted by Crippen LogP contribution is -2.20. The molecule has 3 N–H and O–H groups in total. The van der Waals surface area contributed by atoms with Gasteiger partial charge in [0.15, 0.2) is 10.4 Å². The summed E-state index contributed by atoms with van der Waals surface area (Å²) in [5.41, 5.74) is 7.20. The number of nitrogens with zero attached hydrogens (tertiary/aromatic N) is 3. The molecule has 3 amide bonds. The molecule has 32 heavy (non-hydrogen) atoms. The summed E-state index contributed by atoms with van der Waals surface area (Å²) in [7, 11) is 0. The van der Waals surface area contributed by atoms with Crippen molar-refractivity contribution in [2.45, 2.75) is 0 Å². The Balaban J connectivity index is 1.75. The topological polar surface area (TPSA) is 119 Å². The maximum absolute atomic E-state index is 12.9. The molecular formula is C23H17N5O3S. The van der Waals surface area contributed by atoms with Gasteiger partial charge in [0.05, 0.1) is 5.69 Å². The summed E-state index contributed by atoms with van der Waals surface area (Å²) in [4.78, 5) is 41.0. The van der Waals surface area contributed by atoms with Gasteiger partial charge in [0.25, 0.3) is 11.8 Å². The molecule has 0 atom stereocenters. The number of carbonyl (C=O) groups excluding carboxylic acids is 3. The Hall–Kier alpha value is -4.37. The van der Waals surface area contributed by atoms with Crippen molar-refractivity contribution in [3.8, 4) is 5.69 Å². The van der Waals surface area contributed by atoms with Crippen molar-refractivity contribution in [1.29, 1.82) is 0 Å². The van der Waals surface area contributed by atoms with Crippen molar-refractivity contribution in [1.82, 2.24) is 9.17 Å². The highest BCUT2D eigenvalue weighted by Gasteiger charge is 2.17. The molecule has 1 aromatic heterocycles. The summed E-state index contributed by atoms with van der Waals surface area (Å²) in [5, 5.41) is 7.12. The number of amides is 3. The molecule has 3 aromatic carbocycles. The Kier molecular flexibility index (Phi) is 6.00. The first-order chi connectivity index (χ1) is 15.5. The third kappa shape index (κ3) is 4.68. The van der Waals surface area contributed by atoms with E-state index in [1.165, 1.54) is 4.07 Å². The average molecular weight is 443 g/mol. The smallest absolute Gasteiger partial charge is 0.279 e. The van der Waals surface area contributed by atoms with Gasteiger partial charge in [-0.2, -0.15) is 9.06 Å². The van der Waals surface area contributed by atoms with Crippen LogP contribution in [0.15, 0.2) is 89.9 Å². The van der Waals surface area contributed by atoms with E-state index in [1.54, 1.807) is 78.9 Å². The van der Waals surface area contributed by atoms with Crippen molar-refractivity contribution in [2.24, 2.45) is 10.7 Å². The standard InChI is InChI=1S/C23H17N5O3S/c24-20(29)15-11-13-18(14-12-15)28-27-19(22(31)25-17-9-5-2-6-10-17)23(32-28)26-21(30)16-7-3-1-4-8-16/h1-14H,(H2,24,29)(H,25,31). The Morgan fingerprint density at radius 2 is 1.47 bits per heavy atom. The first-order valence-electron chi connectivity index (χ1n) is 9.52. The molecule has 4 aromatic rings. The SMILES string of the molecule is NC(=O)c1ccc(-n2nc(C(=O)Nc3ccccc3)c(=NC(=O)c3ccccc3)s2)cc1.